The highest BCUT2D eigenvalue weighted by atomic mass is 16.6. The van der Waals surface area contributed by atoms with Crippen LogP contribution in [0.1, 0.15) is 10.4 Å². The van der Waals surface area contributed by atoms with E-state index in [2.05, 4.69) is 5.32 Å². The molecule has 24 heavy (non-hydrogen) atoms. The van der Waals surface area contributed by atoms with Gasteiger partial charge < -0.3 is 25.3 Å². The number of carbonyl (C=O) groups excluding carboxylic acids is 2. The van der Waals surface area contributed by atoms with Crippen molar-refractivity contribution in [1.82, 2.24) is 0 Å². The molecule has 0 radical (unpaired) electrons. The molecule has 1 amide bonds. The number of nitrogen functional groups attached to an aromatic ring is 1. The number of anilines is 2. The number of esters is 1. The molecular weight excluding hydrogens is 312 g/mol. The van der Waals surface area contributed by atoms with E-state index < -0.39 is 18.5 Å². The van der Waals surface area contributed by atoms with E-state index in [9.17, 15) is 9.59 Å². The van der Waals surface area contributed by atoms with Crippen molar-refractivity contribution in [2.24, 2.45) is 0 Å². The van der Waals surface area contributed by atoms with Gasteiger partial charge in [0.2, 0.25) is 0 Å². The molecule has 124 valence electrons. The number of nitrogens with two attached hydrogens (primary N) is 1. The molecule has 0 fully saturated rings. The molecule has 0 aliphatic carbocycles. The van der Waals surface area contributed by atoms with E-state index in [4.69, 9.17) is 19.9 Å². The highest BCUT2D eigenvalue weighted by Crippen LogP contribution is 2.32. The minimum absolute atomic E-state index is 0.330. The van der Waals surface area contributed by atoms with E-state index >= 15 is 0 Å². The van der Waals surface area contributed by atoms with Crippen LogP contribution in [0.4, 0.5) is 11.4 Å². The molecule has 3 rings (SSSR count). The molecule has 0 atom stereocenters. The smallest absolute Gasteiger partial charge is 0.338 e. The lowest BCUT2D eigenvalue weighted by molar-refractivity contribution is -0.119. The van der Waals surface area contributed by atoms with Crippen molar-refractivity contribution in [3.63, 3.8) is 0 Å². The average molecular weight is 328 g/mol. The van der Waals surface area contributed by atoms with Crippen molar-refractivity contribution in [1.29, 1.82) is 0 Å². The first-order chi connectivity index (χ1) is 11.6. The molecule has 0 aromatic heterocycles. The van der Waals surface area contributed by atoms with Crippen molar-refractivity contribution in [3.05, 3.63) is 48.0 Å². The summed E-state index contributed by atoms with van der Waals surface area (Å²) in [6.45, 7) is 0.570. The zero-order valence-electron chi connectivity index (χ0n) is 12.8. The molecule has 1 aliphatic heterocycles. The Labute approximate surface area is 138 Å². The van der Waals surface area contributed by atoms with E-state index in [0.717, 1.165) is 0 Å². The summed E-state index contributed by atoms with van der Waals surface area (Å²) in [5.74, 6) is 0.162. The van der Waals surface area contributed by atoms with Crippen molar-refractivity contribution >= 4 is 23.3 Å². The van der Waals surface area contributed by atoms with Crippen molar-refractivity contribution in [2.45, 2.75) is 0 Å². The Kier molecular flexibility index (Phi) is 4.51. The number of ether oxygens (including phenoxy) is 3. The second-order valence-corrected chi connectivity index (χ2v) is 5.10. The molecule has 0 bridgehead atoms. The first-order valence-electron chi connectivity index (χ1n) is 7.34. The van der Waals surface area contributed by atoms with Crippen LogP contribution in [-0.4, -0.2) is 31.7 Å². The number of hydrogen-bond acceptors (Lipinski definition) is 6. The van der Waals surface area contributed by atoms with Gasteiger partial charge in [-0.1, -0.05) is 0 Å². The predicted molar refractivity (Wildman–Crippen MR) is 87.2 cm³/mol. The van der Waals surface area contributed by atoms with Crippen LogP contribution in [0.25, 0.3) is 0 Å². The minimum atomic E-state index is -0.590. The lowest BCUT2D eigenvalue weighted by Crippen LogP contribution is -2.21. The molecule has 0 unspecified atom stereocenters. The van der Waals surface area contributed by atoms with E-state index in [-0.39, 0.29) is 0 Å². The standard InChI is InChI=1S/C17H16N2O5/c18-12-3-1-11(2-4-12)17(21)24-10-16(20)19-13-5-6-14-15(9-13)23-8-7-22-14/h1-6,9H,7-8,10,18H2,(H,19,20). The number of rotatable bonds is 4. The van der Waals surface area contributed by atoms with Gasteiger partial charge in [0.25, 0.3) is 5.91 Å². The molecule has 7 nitrogen and oxygen atoms in total. The highest BCUT2D eigenvalue weighted by molar-refractivity contribution is 5.95. The Morgan fingerprint density at radius 3 is 2.50 bits per heavy atom. The molecular formula is C17H16N2O5. The molecule has 0 saturated carbocycles. The van der Waals surface area contributed by atoms with Gasteiger partial charge in [0.1, 0.15) is 13.2 Å². The maximum Gasteiger partial charge on any atom is 0.338 e. The molecule has 7 heteroatoms. The zero-order valence-corrected chi connectivity index (χ0v) is 12.8. The minimum Gasteiger partial charge on any atom is -0.486 e. The Balaban J connectivity index is 1.54. The third-order valence-electron chi connectivity index (χ3n) is 3.31. The summed E-state index contributed by atoms with van der Waals surface area (Å²) in [4.78, 5) is 23.7. The van der Waals surface area contributed by atoms with Gasteiger partial charge in [-0.05, 0) is 36.4 Å². The second kappa shape index (κ2) is 6.91. The fourth-order valence-electron chi connectivity index (χ4n) is 2.15. The molecule has 2 aromatic rings. The monoisotopic (exact) mass is 328 g/mol. The van der Waals surface area contributed by atoms with Crippen LogP contribution < -0.4 is 20.5 Å². The summed E-state index contributed by atoms with van der Waals surface area (Å²) in [5.41, 5.74) is 6.96. The van der Waals surface area contributed by atoms with Gasteiger partial charge in [0.05, 0.1) is 5.56 Å². The Morgan fingerprint density at radius 2 is 1.75 bits per heavy atom. The first-order valence-corrected chi connectivity index (χ1v) is 7.34. The summed E-state index contributed by atoms with van der Waals surface area (Å²) in [5, 5.41) is 2.64. The largest absolute Gasteiger partial charge is 0.486 e. The average Bonchev–Trinajstić information content (AvgIpc) is 2.60. The summed E-state index contributed by atoms with van der Waals surface area (Å²) in [6, 6.07) is 11.3. The number of carbonyl (C=O) groups is 2. The van der Waals surface area contributed by atoms with Gasteiger partial charge in [0, 0.05) is 17.4 Å². The van der Waals surface area contributed by atoms with Crippen LogP contribution in [0.5, 0.6) is 11.5 Å². The predicted octanol–water partition coefficient (Wildman–Crippen LogP) is 1.84. The number of nitrogens with one attached hydrogen (secondary N) is 1. The van der Waals surface area contributed by atoms with Crippen LogP contribution in [0.2, 0.25) is 0 Å². The van der Waals surface area contributed by atoms with Gasteiger partial charge in [-0.3, -0.25) is 4.79 Å². The summed E-state index contributed by atoms with van der Waals surface area (Å²) >= 11 is 0. The third kappa shape index (κ3) is 3.75. The molecule has 1 aliphatic rings. The third-order valence-corrected chi connectivity index (χ3v) is 3.31. The molecule has 0 saturated heterocycles. The Morgan fingerprint density at radius 1 is 1.04 bits per heavy atom. The van der Waals surface area contributed by atoms with Crippen LogP contribution in [-0.2, 0) is 9.53 Å². The van der Waals surface area contributed by atoms with Gasteiger partial charge >= 0.3 is 5.97 Å². The van der Waals surface area contributed by atoms with Crippen molar-refractivity contribution in [3.8, 4) is 11.5 Å². The summed E-state index contributed by atoms with van der Waals surface area (Å²) in [6.07, 6.45) is 0. The highest BCUT2D eigenvalue weighted by Gasteiger charge is 2.14. The molecule has 1 heterocycles. The van der Waals surface area contributed by atoms with Crippen LogP contribution in [0.15, 0.2) is 42.5 Å². The lowest BCUT2D eigenvalue weighted by Gasteiger charge is -2.19. The van der Waals surface area contributed by atoms with Crippen LogP contribution in [0.3, 0.4) is 0 Å². The SMILES string of the molecule is Nc1ccc(C(=O)OCC(=O)Nc2ccc3c(c2)OCCO3)cc1. The first kappa shape index (κ1) is 15.7. The van der Waals surface area contributed by atoms with Gasteiger partial charge in [-0.2, -0.15) is 0 Å². The quantitative estimate of drug-likeness (QED) is 0.656. The van der Waals surface area contributed by atoms with E-state index in [1.165, 1.54) is 12.1 Å². The van der Waals surface area contributed by atoms with Gasteiger partial charge in [0.15, 0.2) is 18.1 Å². The number of amides is 1. The van der Waals surface area contributed by atoms with Crippen molar-refractivity contribution in [2.75, 3.05) is 30.9 Å². The number of fused-ring (bicyclic) bond motifs is 1. The fraction of sp³-hybridized carbons (Fsp3) is 0.176. The Bertz CT molecular complexity index is 758. The molecule has 2 aromatic carbocycles. The fourth-order valence-corrected chi connectivity index (χ4v) is 2.15. The molecule has 0 spiro atoms. The van der Waals surface area contributed by atoms with Crippen molar-refractivity contribution < 1.29 is 23.8 Å². The van der Waals surface area contributed by atoms with E-state index in [0.29, 0.717) is 41.7 Å². The topological polar surface area (TPSA) is 99.9 Å². The lowest BCUT2D eigenvalue weighted by atomic mass is 10.2. The normalized spacial score (nSPS) is 12.3. The number of hydrogen-bond donors (Lipinski definition) is 2. The Hall–Kier alpha value is -3.22. The van der Waals surface area contributed by atoms with Gasteiger partial charge in [-0.15, -0.1) is 0 Å². The van der Waals surface area contributed by atoms with E-state index in [1.807, 2.05) is 0 Å². The maximum atomic E-state index is 11.9. The van der Waals surface area contributed by atoms with E-state index in [1.54, 1.807) is 30.3 Å². The summed E-state index contributed by atoms with van der Waals surface area (Å²) < 4.78 is 15.8. The summed E-state index contributed by atoms with van der Waals surface area (Å²) in [7, 11) is 0. The zero-order chi connectivity index (χ0) is 16.9. The van der Waals surface area contributed by atoms with Gasteiger partial charge in [-0.25, -0.2) is 4.79 Å². The second-order valence-electron chi connectivity index (χ2n) is 5.10. The van der Waals surface area contributed by atoms with Crippen LogP contribution in [0, 0.1) is 0 Å². The maximum absolute atomic E-state index is 11.9. The molecule has 3 N–H and O–H groups in total. The van der Waals surface area contributed by atoms with Crippen LogP contribution >= 0.6 is 0 Å². The number of benzene rings is 2.